The fourth-order valence-corrected chi connectivity index (χ4v) is 2.32. The molecule has 2 nitrogen and oxygen atoms in total. The molecule has 1 rings (SSSR count). The number of ether oxygens (including phenoxy) is 2. The molecule has 0 amide bonds. The van der Waals surface area contributed by atoms with Crippen molar-refractivity contribution in [2.45, 2.75) is 71.7 Å². The van der Waals surface area contributed by atoms with Gasteiger partial charge in [0.25, 0.3) is 0 Å². The molecule has 0 aliphatic carbocycles. The van der Waals surface area contributed by atoms with Gasteiger partial charge in [0.2, 0.25) is 0 Å². The Bertz CT molecular complexity index is 217. The minimum Gasteiger partial charge on any atom is -0.353 e. The Kier molecular flexibility index (Phi) is 6.21. The molecule has 0 spiro atoms. The van der Waals surface area contributed by atoms with Crippen molar-refractivity contribution in [3.63, 3.8) is 0 Å². The van der Waals surface area contributed by atoms with Crippen molar-refractivity contribution >= 4 is 0 Å². The highest BCUT2D eigenvalue weighted by Gasteiger charge is 2.30. The maximum Gasteiger partial charge on any atom is 0.158 e. The van der Waals surface area contributed by atoms with Crippen molar-refractivity contribution in [1.29, 1.82) is 0 Å². The maximum absolute atomic E-state index is 6.06. The molecule has 1 aliphatic rings. The van der Waals surface area contributed by atoms with Crippen LogP contribution in [0.4, 0.5) is 0 Å². The lowest BCUT2D eigenvalue weighted by Crippen LogP contribution is -2.36. The predicted octanol–water partition coefficient (Wildman–Crippen LogP) is 4.30. The third kappa shape index (κ3) is 4.81. The highest BCUT2D eigenvalue weighted by atomic mass is 16.7. The van der Waals surface area contributed by atoms with Gasteiger partial charge in [0.05, 0.1) is 6.10 Å². The van der Waals surface area contributed by atoms with E-state index in [1.807, 2.05) is 6.08 Å². The van der Waals surface area contributed by atoms with Crippen LogP contribution >= 0.6 is 0 Å². The molecule has 0 bridgehead atoms. The first-order valence-electron chi connectivity index (χ1n) is 6.99. The van der Waals surface area contributed by atoms with E-state index in [0.717, 1.165) is 19.4 Å². The zero-order valence-electron chi connectivity index (χ0n) is 11.7. The largest absolute Gasteiger partial charge is 0.353 e. The zero-order chi connectivity index (χ0) is 12.7. The van der Waals surface area contributed by atoms with E-state index in [9.17, 15) is 0 Å². The number of unbranched alkanes of at least 4 members (excludes halogenated alkanes) is 1. The van der Waals surface area contributed by atoms with Crippen LogP contribution in [-0.2, 0) is 9.47 Å². The summed E-state index contributed by atoms with van der Waals surface area (Å²) in [4.78, 5) is 0. The number of hydrogen-bond acceptors (Lipinski definition) is 2. The van der Waals surface area contributed by atoms with Crippen molar-refractivity contribution in [2.75, 3.05) is 6.61 Å². The summed E-state index contributed by atoms with van der Waals surface area (Å²) in [6.07, 6.45) is 9.06. The first kappa shape index (κ1) is 14.7. The van der Waals surface area contributed by atoms with E-state index in [1.165, 1.54) is 25.7 Å². The zero-order valence-corrected chi connectivity index (χ0v) is 11.7. The topological polar surface area (TPSA) is 18.5 Å². The molecule has 1 heterocycles. The highest BCUT2D eigenvalue weighted by molar-refractivity contribution is 4.92. The summed E-state index contributed by atoms with van der Waals surface area (Å²) < 4.78 is 11.7. The molecule has 1 fully saturated rings. The number of rotatable bonds is 7. The van der Waals surface area contributed by atoms with Gasteiger partial charge in [0.1, 0.15) is 0 Å². The first-order chi connectivity index (χ1) is 8.10. The van der Waals surface area contributed by atoms with Gasteiger partial charge in [-0.3, -0.25) is 0 Å². The molecule has 0 aromatic heterocycles. The molecule has 0 N–H and O–H groups in total. The Hall–Kier alpha value is -0.340. The minimum absolute atomic E-state index is 0.0207. The smallest absolute Gasteiger partial charge is 0.158 e. The molecule has 2 unspecified atom stereocenters. The Morgan fingerprint density at radius 1 is 1.47 bits per heavy atom. The summed E-state index contributed by atoms with van der Waals surface area (Å²) in [5.41, 5.74) is 0.151. The van der Waals surface area contributed by atoms with E-state index in [1.54, 1.807) is 0 Å². The van der Waals surface area contributed by atoms with E-state index in [2.05, 4.69) is 27.4 Å². The average molecular weight is 240 g/mol. The van der Waals surface area contributed by atoms with Gasteiger partial charge in [-0.05, 0) is 31.1 Å². The molecule has 0 aromatic rings. The third-order valence-corrected chi connectivity index (χ3v) is 3.60. The Morgan fingerprint density at radius 2 is 2.24 bits per heavy atom. The van der Waals surface area contributed by atoms with Crippen molar-refractivity contribution in [2.24, 2.45) is 5.41 Å². The lowest BCUT2D eigenvalue weighted by molar-refractivity contribution is -0.197. The van der Waals surface area contributed by atoms with E-state index in [0.29, 0.717) is 0 Å². The summed E-state index contributed by atoms with van der Waals surface area (Å²) >= 11 is 0. The fraction of sp³-hybridized carbons (Fsp3) is 0.867. The standard InChI is InChI=1S/C15H28O2/c1-5-7-11-15(3,4)13(6-2)17-14-10-8-9-12-16-14/h6,13-14H,2,5,7-12H2,1,3-4H3. The molecular formula is C15H28O2. The van der Waals surface area contributed by atoms with Crippen LogP contribution in [0.2, 0.25) is 0 Å². The summed E-state index contributed by atoms with van der Waals surface area (Å²) in [5.74, 6) is 0. The van der Waals surface area contributed by atoms with Crippen molar-refractivity contribution in [1.82, 2.24) is 0 Å². The Labute approximate surface area is 106 Å². The first-order valence-corrected chi connectivity index (χ1v) is 6.99. The average Bonchev–Trinajstić information content (AvgIpc) is 2.34. The van der Waals surface area contributed by atoms with Gasteiger partial charge in [-0.15, -0.1) is 6.58 Å². The van der Waals surface area contributed by atoms with Gasteiger partial charge in [0, 0.05) is 6.61 Å². The summed E-state index contributed by atoms with van der Waals surface area (Å²) in [5, 5.41) is 0. The predicted molar refractivity (Wildman–Crippen MR) is 72.0 cm³/mol. The van der Waals surface area contributed by atoms with Crippen LogP contribution in [0.3, 0.4) is 0 Å². The minimum atomic E-state index is -0.0207. The Morgan fingerprint density at radius 3 is 2.76 bits per heavy atom. The lowest BCUT2D eigenvalue weighted by Gasteiger charge is -2.36. The second-order valence-electron chi connectivity index (χ2n) is 5.68. The second kappa shape index (κ2) is 7.17. The summed E-state index contributed by atoms with van der Waals surface area (Å²) in [7, 11) is 0. The molecule has 2 heteroatoms. The molecule has 0 aromatic carbocycles. The monoisotopic (exact) mass is 240 g/mol. The molecule has 1 aliphatic heterocycles. The quantitative estimate of drug-likeness (QED) is 0.618. The van der Waals surface area contributed by atoms with Crippen LogP contribution in [0.25, 0.3) is 0 Å². The van der Waals surface area contributed by atoms with E-state index >= 15 is 0 Å². The van der Waals surface area contributed by atoms with E-state index < -0.39 is 0 Å². The van der Waals surface area contributed by atoms with Gasteiger partial charge in [0.15, 0.2) is 6.29 Å². The van der Waals surface area contributed by atoms with Crippen LogP contribution < -0.4 is 0 Å². The van der Waals surface area contributed by atoms with Crippen LogP contribution in [0.5, 0.6) is 0 Å². The van der Waals surface area contributed by atoms with Gasteiger partial charge in [-0.25, -0.2) is 0 Å². The fourth-order valence-electron chi connectivity index (χ4n) is 2.32. The number of hydrogen-bond donors (Lipinski definition) is 0. The van der Waals surface area contributed by atoms with Crippen molar-refractivity contribution < 1.29 is 9.47 Å². The Balaban J connectivity index is 2.47. The van der Waals surface area contributed by atoms with E-state index in [-0.39, 0.29) is 17.8 Å². The van der Waals surface area contributed by atoms with Crippen LogP contribution in [-0.4, -0.2) is 19.0 Å². The van der Waals surface area contributed by atoms with Crippen LogP contribution in [0.1, 0.15) is 59.3 Å². The van der Waals surface area contributed by atoms with Crippen molar-refractivity contribution in [3.8, 4) is 0 Å². The molecule has 100 valence electrons. The normalized spacial score (nSPS) is 23.4. The van der Waals surface area contributed by atoms with E-state index in [4.69, 9.17) is 9.47 Å². The molecule has 0 radical (unpaired) electrons. The van der Waals surface area contributed by atoms with Gasteiger partial charge in [-0.1, -0.05) is 39.7 Å². The molecule has 1 saturated heterocycles. The molecular weight excluding hydrogens is 212 g/mol. The third-order valence-electron chi connectivity index (χ3n) is 3.60. The summed E-state index contributed by atoms with van der Waals surface area (Å²) in [6, 6.07) is 0. The maximum atomic E-state index is 6.06. The van der Waals surface area contributed by atoms with Crippen molar-refractivity contribution in [3.05, 3.63) is 12.7 Å². The molecule has 2 atom stereocenters. The van der Waals surface area contributed by atoms with Crippen LogP contribution in [0, 0.1) is 5.41 Å². The lowest BCUT2D eigenvalue weighted by atomic mass is 9.81. The van der Waals surface area contributed by atoms with Gasteiger partial charge in [-0.2, -0.15) is 0 Å². The SMILES string of the molecule is C=CC(OC1CCCCO1)C(C)(C)CCCC. The second-order valence-corrected chi connectivity index (χ2v) is 5.68. The van der Waals surface area contributed by atoms with Gasteiger partial charge >= 0.3 is 0 Å². The van der Waals surface area contributed by atoms with Crippen LogP contribution in [0.15, 0.2) is 12.7 Å². The summed E-state index contributed by atoms with van der Waals surface area (Å²) in [6.45, 7) is 11.5. The van der Waals surface area contributed by atoms with Gasteiger partial charge < -0.3 is 9.47 Å². The molecule has 17 heavy (non-hydrogen) atoms. The molecule has 0 saturated carbocycles. The highest BCUT2D eigenvalue weighted by Crippen LogP contribution is 2.32.